The van der Waals surface area contributed by atoms with E-state index in [2.05, 4.69) is 16.0 Å². The van der Waals surface area contributed by atoms with Gasteiger partial charge in [-0.2, -0.15) is 0 Å². The molecule has 7 nitrogen and oxygen atoms in total. The quantitative estimate of drug-likeness (QED) is 0.560. The van der Waals surface area contributed by atoms with E-state index in [1.165, 1.54) is 0 Å². The topological polar surface area (TPSA) is 108 Å². The number of carbonyl (C=O) groups is 3. The number of nitrogens with one attached hydrogen (secondary N) is 3. The zero-order valence-corrected chi connectivity index (χ0v) is 11.2. The molecule has 0 saturated heterocycles. The van der Waals surface area contributed by atoms with Gasteiger partial charge >= 0.3 is 12.0 Å². The van der Waals surface area contributed by atoms with E-state index in [0.717, 1.165) is 0 Å². The molecule has 3 amide bonds. The Bertz CT molecular complexity index is 323. The molecule has 0 heterocycles. The Morgan fingerprint density at radius 2 is 1.78 bits per heavy atom. The fourth-order valence-electron chi connectivity index (χ4n) is 1.17. The Morgan fingerprint density at radius 1 is 1.22 bits per heavy atom. The van der Waals surface area contributed by atoms with Crippen LogP contribution >= 0.6 is 0 Å². The van der Waals surface area contributed by atoms with E-state index in [1.54, 1.807) is 6.92 Å². The fourth-order valence-corrected chi connectivity index (χ4v) is 1.17. The minimum atomic E-state index is -1.10. The van der Waals surface area contributed by atoms with Crippen molar-refractivity contribution >= 4 is 17.9 Å². The van der Waals surface area contributed by atoms with Gasteiger partial charge in [-0.1, -0.05) is 6.92 Å². The highest BCUT2D eigenvalue weighted by molar-refractivity contribution is 5.86. The summed E-state index contributed by atoms with van der Waals surface area (Å²) in [6.45, 7) is 6.91. The molecule has 0 unspecified atom stereocenters. The van der Waals surface area contributed by atoms with Crippen molar-refractivity contribution in [3.05, 3.63) is 0 Å². The zero-order chi connectivity index (χ0) is 14.3. The monoisotopic (exact) mass is 259 g/mol. The smallest absolute Gasteiger partial charge is 0.326 e. The first kappa shape index (κ1) is 16.2. The minimum Gasteiger partial charge on any atom is -0.480 e. The fraction of sp³-hybridized carbons (Fsp3) is 0.727. The van der Waals surface area contributed by atoms with Gasteiger partial charge in [0.2, 0.25) is 5.91 Å². The van der Waals surface area contributed by atoms with E-state index in [1.807, 2.05) is 20.8 Å². The van der Waals surface area contributed by atoms with Crippen molar-refractivity contribution in [3.8, 4) is 0 Å². The summed E-state index contributed by atoms with van der Waals surface area (Å²) >= 11 is 0. The SMILES string of the molecule is CC[C@@H](NC(=O)NCC(=O)NC(C)(C)C)C(=O)O. The average Bonchev–Trinajstić information content (AvgIpc) is 2.20. The molecule has 0 aromatic heterocycles. The number of amides is 3. The third-order valence-corrected chi connectivity index (χ3v) is 1.94. The molecule has 0 bridgehead atoms. The van der Waals surface area contributed by atoms with Gasteiger partial charge in [0, 0.05) is 5.54 Å². The number of hydrogen-bond donors (Lipinski definition) is 4. The highest BCUT2D eigenvalue weighted by Crippen LogP contribution is 1.97. The van der Waals surface area contributed by atoms with Crippen LogP contribution in [-0.2, 0) is 9.59 Å². The lowest BCUT2D eigenvalue weighted by Crippen LogP contribution is -2.50. The molecule has 0 aromatic rings. The van der Waals surface area contributed by atoms with Gasteiger partial charge in [-0.3, -0.25) is 4.79 Å². The molecule has 0 aliphatic heterocycles. The number of carbonyl (C=O) groups excluding carboxylic acids is 2. The molecule has 4 N–H and O–H groups in total. The molecular formula is C11H21N3O4. The molecular weight excluding hydrogens is 238 g/mol. The van der Waals surface area contributed by atoms with Crippen molar-refractivity contribution in [1.82, 2.24) is 16.0 Å². The molecule has 0 rings (SSSR count). The first-order chi connectivity index (χ1) is 8.15. The summed E-state index contributed by atoms with van der Waals surface area (Å²) in [6.07, 6.45) is 0.275. The highest BCUT2D eigenvalue weighted by atomic mass is 16.4. The van der Waals surface area contributed by atoms with E-state index in [-0.39, 0.29) is 24.4 Å². The van der Waals surface area contributed by atoms with Crippen LogP contribution in [0.1, 0.15) is 34.1 Å². The molecule has 0 spiro atoms. The minimum absolute atomic E-state index is 0.195. The van der Waals surface area contributed by atoms with Crippen LogP contribution in [-0.4, -0.2) is 41.1 Å². The van der Waals surface area contributed by atoms with Gasteiger partial charge in [-0.15, -0.1) is 0 Å². The first-order valence-corrected chi connectivity index (χ1v) is 5.74. The maximum Gasteiger partial charge on any atom is 0.326 e. The predicted molar refractivity (Wildman–Crippen MR) is 66.1 cm³/mol. The third-order valence-electron chi connectivity index (χ3n) is 1.94. The second-order valence-corrected chi connectivity index (χ2v) is 4.92. The summed E-state index contributed by atoms with van der Waals surface area (Å²) < 4.78 is 0. The second kappa shape index (κ2) is 6.83. The van der Waals surface area contributed by atoms with Crippen LogP contribution in [0.25, 0.3) is 0 Å². The Balaban J connectivity index is 4.04. The second-order valence-electron chi connectivity index (χ2n) is 4.92. The molecule has 0 radical (unpaired) electrons. The number of hydrogen-bond acceptors (Lipinski definition) is 3. The molecule has 1 atom stereocenters. The molecule has 0 aliphatic rings. The summed E-state index contributed by atoms with van der Waals surface area (Å²) in [5, 5.41) is 16.0. The molecule has 18 heavy (non-hydrogen) atoms. The van der Waals surface area contributed by atoms with Crippen LogP contribution in [0.5, 0.6) is 0 Å². The summed E-state index contributed by atoms with van der Waals surface area (Å²) in [6, 6.07) is -1.62. The molecule has 0 saturated carbocycles. The molecule has 0 fully saturated rings. The van der Waals surface area contributed by atoms with E-state index in [0.29, 0.717) is 0 Å². The van der Waals surface area contributed by atoms with Crippen molar-refractivity contribution < 1.29 is 19.5 Å². The Morgan fingerprint density at radius 3 is 2.17 bits per heavy atom. The van der Waals surface area contributed by atoms with Crippen molar-refractivity contribution in [2.75, 3.05) is 6.54 Å². The van der Waals surface area contributed by atoms with Crippen molar-refractivity contribution in [1.29, 1.82) is 0 Å². The largest absolute Gasteiger partial charge is 0.480 e. The summed E-state index contributed by atoms with van der Waals surface area (Å²) in [5.41, 5.74) is -0.373. The third kappa shape index (κ3) is 7.48. The molecule has 0 aliphatic carbocycles. The summed E-state index contributed by atoms with van der Waals surface area (Å²) in [7, 11) is 0. The van der Waals surface area contributed by atoms with Crippen molar-refractivity contribution in [2.45, 2.75) is 45.7 Å². The van der Waals surface area contributed by atoms with Crippen molar-refractivity contribution in [2.24, 2.45) is 0 Å². The Kier molecular flexibility index (Phi) is 6.15. The lowest BCUT2D eigenvalue weighted by atomic mass is 10.1. The maximum atomic E-state index is 11.4. The molecule has 104 valence electrons. The van der Waals surface area contributed by atoms with Crippen LogP contribution in [0.15, 0.2) is 0 Å². The van der Waals surface area contributed by atoms with Gasteiger partial charge in [0.15, 0.2) is 0 Å². The van der Waals surface area contributed by atoms with Crippen molar-refractivity contribution in [3.63, 3.8) is 0 Å². The lowest BCUT2D eigenvalue weighted by Gasteiger charge is -2.20. The number of urea groups is 1. The maximum absolute atomic E-state index is 11.4. The Hall–Kier alpha value is -1.79. The van der Waals surface area contributed by atoms with Gasteiger partial charge in [-0.05, 0) is 27.2 Å². The highest BCUT2D eigenvalue weighted by Gasteiger charge is 2.18. The van der Waals surface area contributed by atoms with Crippen LogP contribution in [0, 0.1) is 0 Å². The standard InChI is InChI=1S/C11H21N3O4/c1-5-7(9(16)17)13-10(18)12-6-8(15)14-11(2,3)4/h7H,5-6H2,1-4H3,(H,14,15)(H,16,17)(H2,12,13,18)/t7-/m1/s1. The average molecular weight is 259 g/mol. The number of rotatable bonds is 5. The van der Waals surface area contributed by atoms with Crippen LogP contribution in [0.4, 0.5) is 4.79 Å². The Labute approximate surface area is 106 Å². The molecule has 0 aromatic carbocycles. The van der Waals surface area contributed by atoms with Gasteiger partial charge in [-0.25, -0.2) is 9.59 Å². The molecule has 7 heteroatoms. The predicted octanol–water partition coefficient (Wildman–Crippen LogP) is 0.0635. The van der Waals surface area contributed by atoms with Crippen LogP contribution in [0.3, 0.4) is 0 Å². The van der Waals surface area contributed by atoms with E-state index < -0.39 is 18.0 Å². The van der Waals surface area contributed by atoms with Crippen LogP contribution in [0.2, 0.25) is 0 Å². The zero-order valence-electron chi connectivity index (χ0n) is 11.2. The lowest BCUT2D eigenvalue weighted by molar-refractivity contribution is -0.139. The van der Waals surface area contributed by atoms with Gasteiger partial charge in [0.25, 0.3) is 0 Å². The normalized spacial score (nSPS) is 12.4. The number of carboxylic acids is 1. The summed E-state index contributed by atoms with van der Waals surface area (Å²) in [5.74, 6) is -1.44. The van der Waals surface area contributed by atoms with E-state index >= 15 is 0 Å². The van der Waals surface area contributed by atoms with E-state index in [9.17, 15) is 14.4 Å². The van der Waals surface area contributed by atoms with Gasteiger partial charge in [0.05, 0.1) is 6.54 Å². The number of carboxylic acid groups (broad SMARTS) is 1. The number of aliphatic carboxylic acids is 1. The van der Waals surface area contributed by atoms with Gasteiger partial charge in [0.1, 0.15) is 6.04 Å². The van der Waals surface area contributed by atoms with E-state index in [4.69, 9.17) is 5.11 Å². The van der Waals surface area contributed by atoms with Crippen LogP contribution < -0.4 is 16.0 Å². The first-order valence-electron chi connectivity index (χ1n) is 5.74. The van der Waals surface area contributed by atoms with Gasteiger partial charge < -0.3 is 21.1 Å². The summed E-state index contributed by atoms with van der Waals surface area (Å²) in [4.78, 5) is 33.4.